The Morgan fingerprint density at radius 1 is 1.29 bits per heavy atom. The molecule has 4 heteroatoms. The second-order valence-corrected chi connectivity index (χ2v) is 4.55. The summed E-state index contributed by atoms with van der Waals surface area (Å²) in [5.74, 6) is 5.20. The Morgan fingerprint density at radius 3 is 2.76 bits per heavy atom. The van der Waals surface area contributed by atoms with Crippen LogP contribution < -0.4 is 5.32 Å². The molecule has 1 aromatic heterocycles. The summed E-state index contributed by atoms with van der Waals surface area (Å²) in [7, 11) is 0. The van der Waals surface area contributed by atoms with Crippen molar-refractivity contribution < 1.29 is 9.90 Å². The van der Waals surface area contributed by atoms with E-state index in [0.717, 1.165) is 11.1 Å². The van der Waals surface area contributed by atoms with Gasteiger partial charge >= 0.3 is 0 Å². The van der Waals surface area contributed by atoms with Gasteiger partial charge in [0, 0.05) is 24.5 Å². The molecule has 0 aliphatic heterocycles. The largest absolute Gasteiger partial charge is 0.384 e. The number of rotatable bonds is 3. The molecule has 2 N–H and O–H groups in total. The van der Waals surface area contributed by atoms with E-state index in [-0.39, 0.29) is 12.5 Å². The number of carbonyl (C=O) groups excluding carboxylic acids is 1. The molecule has 0 saturated heterocycles. The van der Waals surface area contributed by atoms with Crippen molar-refractivity contribution in [2.75, 3.05) is 6.61 Å². The van der Waals surface area contributed by atoms with Crippen molar-refractivity contribution in [2.24, 2.45) is 0 Å². The van der Waals surface area contributed by atoms with Gasteiger partial charge < -0.3 is 10.4 Å². The standard InChI is InChI=1S/C17H16N2O2/c1-13-4-5-16(15(11-13)3-2-10-20)17(21)19-12-14-6-8-18-9-7-14/h4-9,11,20H,10,12H2,1H3,(H,19,21). The Bertz CT molecular complexity index is 685. The third-order valence-corrected chi connectivity index (χ3v) is 2.92. The van der Waals surface area contributed by atoms with Crippen molar-refractivity contribution in [2.45, 2.75) is 13.5 Å². The molecule has 4 nitrogen and oxygen atoms in total. The number of hydrogen-bond acceptors (Lipinski definition) is 3. The van der Waals surface area contributed by atoms with Gasteiger partial charge in [-0.1, -0.05) is 17.9 Å². The van der Waals surface area contributed by atoms with Crippen LogP contribution in [0.15, 0.2) is 42.7 Å². The first-order valence-electron chi connectivity index (χ1n) is 6.58. The summed E-state index contributed by atoms with van der Waals surface area (Å²) >= 11 is 0. The molecule has 2 rings (SSSR count). The van der Waals surface area contributed by atoms with Gasteiger partial charge in [0.2, 0.25) is 0 Å². The highest BCUT2D eigenvalue weighted by atomic mass is 16.2. The molecule has 0 aliphatic carbocycles. The number of nitrogens with one attached hydrogen (secondary N) is 1. The molecule has 1 aromatic carbocycles. The normalized spacial score (nSPS) is 9.62. The minimum Gasteiger partial charge on any atom is -0.384 e. The van der Waals surface area contributed by atoms with Crippen molar-refractivity contribution in [1.29, 1.82) is 0 Å². The van der Waals surface area contributed by atoms with Crippen LogP contribution in [0.3, 0.4) is 0 Å². The molecule has 0 bridgehead atoms. The van der Waals surface area contributed by atoms with E-state index in [4.69, 9.17) is 5.11 Å². The summed E-state index contributed by atoms with van der Waals surface area (Å²) in [6, 6.07) is 9.15. The summed E-state index contributed by atoms with van der Waals surface area (Å²) in [4.78, 5) is 16.2. The lowest BCUT2D eigenvalue weighted by Gasteiger charge is -2.08. The van der Waals surface area contributed by atoms with Crippen LogP contribution in [0.25, 0.3) is 0 Å². The van der Waals surface area contributed by atoms with Gasteiger partial charge in [-0.05, 0) is 42.3 Å². The molecule has 21 heavy (non-hydrogen) atoms. The van der Waals surface area contributed by atoms with Gasteiger partial charge in [0.15, 0.2) is 0 Å². The Hall–Kier alpha value is -2.64. The van der Waals surface area contributed by atoms with Crippen LogP contribution in [0, 0.1) is 18.8 Å². The summed E-state index contributed by atoms with van der Waals surface area (Å²) in [5.41, 5.74) is 3.13. The van der Waals surface area contributed by atoms with Crippen LogP contribution in [0.2, 0.25) is 0 Å². The molecule has 106 valence electrons. The lowest BCUT2D eigenvalue weighted by molar-refractivity contribution is 0.0950. The van der Waals surface area contributed by atoms with Gasteiger partial charge in [-0.2, -0.15) is 0 Å². The molecule has 0 atom stereocenters. The van der Waals surface area contributed by atoms with E-state index < -0.39 is 0 Å². The molecule has 0 fully saturated rings. The van der Waals surface area contributed by atoms with Crippen LogP contribution in [0.5, 0.6) is 0 Å². The second kappa shape index (κ2) is 7.22. The maximum absolute atomic E-state index is 12.3. The van der Waals surface area contributed by atoms with Gasteiger partial charge in [0.05, 0.1) is 5.56 Å². The van der Waals surface area contributed by atoms with E-state index in [9.17, 15) is 4.79 Å². The van der Waals surface area contributed by atoms with Gasteiger partial charge in [0.1, 0.15) is 6.61 Å². The third-order valence-electron chi connectivity index (χ3n) is 2.92. The number of aliphatic hydroxyl groups excluding tert-OH is 1. The molecule has 1 amide bonds. The van der Waals surface area contributed by atoms with Gasteiger partial charge in [-0.15, -0.1) is 0 Å². The maximum atomic E-state index is 12.3. The van der Waals surface area contributed by atoms with E-state index in [0.29, 0.717) is 17.7 Å². The average Bonchev–Trinajstić information content (AvgIpc) is 2.51. The van der Waals surface area contributed by atoms with Crippen molar-refractivity contribution in [1.82, 2.24) is 10.3 Å². The number of carbonyl (C=O) groups is 1. The third kappa shape index (κ3) is 4.16. The molecule has 0 spiro atoms. The maximum Gasteiger partial charge on any atom is 0.252 e. The Kier molecular flexibility index (Phi) is 5.08. The molecular formula is C17H16N2O2. The fourth-order valence-corrected chi connectivity index (χ4v) is 1.87. The van der Waals surface area contributed by atoms with Crippen molar-refractivity contribution in [3.63, 3.8) is 0 Å². The lowest BCUT2D eigenvalue weighted by Crippen LogP contribution is -2.23. The van der Waals surface area contributed by atoms with Crippen LogP contribution in [-0.2, 0) is 6.54 Å². The highest BCUT2D eigenvalue weighted by Gasteiger charge is 2.10. The minimum atomic E-state index is -0.230. The van der Waals surface area contributed by atoms with Crippen LogP contribution in [-0.4, -0.2) is 22.6 Å². The predicted molar refractivity (Wildman–Crippen MR) is 80.6 cm³/mol. The fraction of sp³-hybridized carbons (Fsp3) is 0.176. The van der Waals surface area contributed by atoms with E-state index in [1.807, 2.05) is 31.2 Å². The zero-order valence-corrected chi connectivity index (χ0v) is 11.8. The average molecular weight is 280 g/mol. The van der Waals surface area contributed by atoms with Crippen LogP contribution >= 0.6 is 0 Å². The fourth-order valence-electron chi connectivity index (χ4n) is 1.87. The van der Waals surface area contributed by atoms with Crippen LogP contribution in [0.4, 0.5) is 0 Å². The number of amides is 1. The highest BCUT2D eigenvalue weighted by molar-refractivity contribution is 5.96. The van der Waals surface area contributed by atoms with E-state index in [1.54, 1.807) is 18.5 Å². The number of pyridine rings is 1. The summed E-state index contributed by atoms with van der Waals surface area (Å²) < 4.78 is 0. The molecule has 2 aromatic rings. The van der Waals surface area contributed by atoms with Gasteiger partial charge in [-0.3, -0.25) is 9.78 Å². The smallest absolute Gasteiger partial charge is 0.252 e. The summed E-state index contributed by atoms with van der Waals surface area (Å²) in [6.07, 6.45) is 3.37. The first-order chi connectivity index (χ1) is 10.2. The predicted octanol–water partition coefficient (Wildman–Crippen LogP) is 1.66. The van der Waals surface area contributed by atoms with Crippen molar-refractivity contribution in [3.05, 3.63) is 65.0 Å². The molecule has 0 unspecified atom stereocenters. The van der Waals surface area contributed by atoms with E-state index in [1.165, 1.54) is 0 Å². The number of aromatic nitrogens is 1. The number of hydrogen-bond donors (Lipinski definition) is 2. The molecule has 1 heterocycles. The van der Waals surface area contributed by atoms with Crippen molar-refractivity contribution >= 4 is 5.91 Å². The SMILES string of the molecule is Cc1ccc(C(=O)NCc2ccncc2)c(C#CCO)c1. The number of aliphatic hydroxyl groups is 1. The summed E-state index contributed by atoms with van der Waals surface area (Å²) in [5, 5.41) is 11.7. The first-order valence-corrected chi connectivity index (χ1v) is 6.58. The first kappa shape index (κ1) is 14.8. The van der Waals surface area contributed by atoms with E-state index >= 15 is 0 Å². The molecule has 0 saturated carbocycles. The zero-order valence-electron chi connectivity index (χ0n) is 11.8. The Labute approximate surface area is 123 Å². The highest BCUT2D eigenvalue weighted by Crippen LogP contribution is 2.11. The zero-order chi connectivity index (χ0) is 15.1. The topological polar surface area (TPSA) is 62.2 Å². The molecular weight excluding hydrogens is 264 g/mol. The number of aryl methyl sites for hydroxylation is 1. The quantitative estimate of drug-likeness (QED) is 0.841. The van der Waals surface area contributed by atoms with Crippen LogP contribution in [0.1, 0.15) is 27.0 Å². The Balaban J connectivity index is 2.15. The van der Waals surface area contributed by atoms with E-state index in [2.05, 4.69) is 22.1 Å². The second-order valence-electron chi connectivity index (χ2n) is 4.55. The molecule has 0 radical (unpaired) electrons. The molecule has 0 aliphatic rings. The van der Waals surface area contributed by atoms with Gasteiger partial charge in [0.25, 0.3) is 5.91 Å². The monoisotopic (exact) mass is 280 g/mol. The Morgan fingerprint density at radius 2 is 2.05 bits per heavy atom. The lowest BCUT2D eigenvalue weighted by atomic mass is 10.0. The minimum absolute atomic E-state index is 0.186. The van der Waals surface area contributed by atoms with Gasteiger partial charge in [-0.25, -0.2) is 0 Å². The number of benzene rings is 1. The number of nitrogens with zero attached hydrogens (tertiary/aromatic N) is 1. The van der Waals surface area contributed by atoms with Crippen molar-refractivity contribution in [3.8, 4) is 11.8 Å². The summed E-state index contributed by atoms with van der Waals surface area (Å²) in [6.45, 7) is 2.14.